The smallest absolute Gasteiger partial charge is 0.400 e. The van der Waals surface area contributed by atoms with Gasteiger partial charge in [-0.05, 0) is 56.9 Å². The molecule has 2 heterocycles. The second-order valence-corrected chi connectivity index (χ2v) is 7.46. The molecule has 24 heavy (non-hydrogen) atoms. The SMILES string of the molecule is CC1(C)OB(C(=Cc2ccnc3cc(Cl)ccc23)CO)OC1(C)C. The van der Waals surface area contributed by atoms with Crippen LogP contribution >= 0.6 is 11.6 Å². The largest absolute Gasteiger partial charge is 0.492 e. The van der Waals surface area contributed by atoms with Crippen molar-refractivity contribution in [1.82, 2.24) is 4.98 Å². The van der Waals surface area contributed by atoms with Gasteiger partial charge in [-0.25, -0.2) is 0 Å². The van der Waals surface area contributed by atoms with Crippen LogP contribution in [0, 0.1) is 0 Å². The number of aromatic nitrogens is 1. The molecule has 3 rings (SSSR count). The molecule has 0 saturated carbocycles. The van der Waals surface area contributed by atoms with E-state index in [-0.39, 0.29) is 6.61 Å². The lowest BCUT2D eigenvalue weighted by atomic mass is 9.77. The molecule has 0 spiro atoms. The van der Waals surface area contributed by atoms with Crippen LogP contribution in [-0.4, -0.2) is 35.0 Å². The third-order valence-electron chi connectivity index (χ3n) is 4.82. The highest BCUT2D eigenvalue weighted by molar-refractivity contribution is 6.55. The van der Waals surface area contributed by atoms with Crippen molar-refractivity contribution in [3.05, 3.63) is 46.5 Å². The van der Waals surface area contributed by atoms with Gasteiger partial charge in [0.05, 0.1) is 23.3 Å². The summed E-state index contributed by atoms with van der Waals surface area (Å²) in [6.07, 6.45) is 3.63. The van der Waals surface area contributed by atoms with Crippen molar-refractivity contribution in [3.63, 3.8) is 0 Å². The van der Waals surface area contributed by atoms with Crippen molar-refractivity contribution in [1.29, 1.82) is 0 Å². The molecule has 1 fully saturated rings. The van der Waals surface area contributed by atoms with Crippen LogP contribution < -0.4 is 0 Å². The number of rotatable bonds is 3. The second kappa shape index (κ2) is 6.15. The van der Waals surface area contributed by atoms with Crippen LogP contribution in [-0.2, 0) is 9.31 Å². The van der Waals surface area contributed by atoms with E-state index in [0.717, 1.165) is 16.5 Å². The Morgan fingerprint density at radius 2 is 1.88 bits per heavy atom. The zero-order valence-corrected chi connectivity index (χ0v) is 15.1. The topological polar surface area (TPSA) is 51.6 Å². The maximum absolute atomic E-state index is 9.84. The van der Waals surface area contributed by atoms with E-state index in [2.05, 4.69) is 4.98 Å². The summed E-state index contributed by atoms with van der Waals surface area (Å²) in [7, 11) is -0.574. The third kappa shape index (κ3) is 3.09. The molecule has 1 saturated heterocycles. The first-order valence-electron chi connectivity index (χ1n) is 7.95. The van der Waals surface area contributed by atoms with E-state index in [9.17, 15) is 5.11 Å². The van der Waals surface area contributed by atoms with Gasteiger partial charge in [0.25, 0.3) is 0 Å². The van der Waals surface area contributed by atoms with Gasteiger partial charge < -0.3 is 14.4 Å². The van der Waals surface area contributed by atoms with Crippen molar-refractivity contribution in [3.8, 4) is 0 Å². The first kappa shape index (κ1) is 17.4. The Labute approximate surface area is 147 Å². The number of fused-ring (bicyclic) bond motifs is 1. The fourth-order valence-corrected chi connectivity index (χ4v) is 2.82. The predicted molar refractivity (Wildman–Crippen MR) is 97.9 cm³/mol. The number of aliphatic hydroxyl groups is 1. The van der Waals surface area contributed by atoms with Crippen molar-refractivity contribution in [2.45, 2.75) is 38.9 Å². The molecule has 1 aromatic carbocycles. The third-order valence-corrected chi connectivity index (χ3v) is 5.05. The standard InChI is InChI=1S/C18H21BClNO3/c1-17(2)18(3,4)24-19(23-17)13(11-22)9-12-7-8-21-16-10-14(20)5-6-15(12)16/h5-10,22H,11H2,1-4H3. The first-order valence-corrected chi connectivity index (χ1v) is 8.32. The number of benzene rings is 1. The van der Waals surface area contributed by atoms with E-state index in [1.54, 1.807) is 6.20 Å². The lowest BCUT2D eigenvalue weighted by molar-refractivity contribution is 0.00578. The van der Waals surface area contributed by atoms with Gasteiger partial charge >= 0.3 is 7.12 Å². The second-order valence-electron chi connectivity index (χ2n) is 7.03. The Balaban J connectivity index is 2.01. The molecule has 0 aliphatic carbocycles. The summed E-state index contributed by atoms with van der Waals surface area (Å²) in [4.78, 5) is 4.34. The number of hydrogen-bond donors (Lipinski definition) is 1. The minimum Gasteiger partial charge on any atom is -0.400 e. The Bertz CT molecular complexity index is 788. The zero-order chi connectivity index (χ0) is 17.5. The zero-order valence-electron chi connectivity index (χ0n) is 14.3. The number of nitrogens with zero attached hydrogens (tertiary/aromatic N) is 1. The number of halogens is 1. The quantitative estimate of drug-likeness (QED) is 0.857. The van der Waals surface area contributed by atoms with Crippen molar-refractivity contribution in [2.75, 3.05) is 6.61 Å². The van der Waals surface area contributed by atoms with Crippen LogP contribution in [0.1, 0.15) is 33.3 Å². The highest BCUT2D eigenvalue weighted by Crippen LogP contribution is 2.39. The van der Waals surface area contributed by atoms with Gasteiger partial charge in [0.2, 0.25) is 0 Å². The van der Waals surface area contributed by atoms with Crippen molar-refractivity contribution < 1.29 is 14.4 Å². The van der Waals surface area contributed by atoms with E-state index >= 15 is 0 Å². The summed E-state index contributed by atoms with van der Waals surface area (Å²) in [6, 6.07) is 7.48. The molecule has 0 amide bonds. The molecule has 0 bridgehead atoms. The van der Waals surface area contributed by atoms with Crippen molar-refractivity contribution >= 4 is 35.7 Å². The molecule has 4 nitrogen and oxygen atoms in total. The average molecular weight is 346 g/mol. The van der Waals surface area contributed by atoms with Crippen LogP contribution in [0.5, 0.6) is 0 Å². The van der Waals surface area contributed by atoms with Gasteiger partial charge in [0.1, 0.15) is 0 Å². The molecule has 0 atom stereocenters. The average Bonchev–Trinajstić information content (AvgIpc) is 2.72. The van der Waals surface area contributed by atoms with Crippen LogP contribution in [0.15, 0.2) is 35.9 Å². The molecule has 1 aliphatic rings. The fourth-order valence-electron chi connectivity index (χ4n) is 2.65. The lowest BCUT2D eigenvalue weighted by Crippen LogP contribution is -2.41. The normalized spacial score (nSPS) is 19.9. The molecule has 1 aromatic heterocycles. The van der Waals surface area contributed by atoms with Gasteiger partial charge in [0.15, 0.2) is 0 Å². The predicted octanol–water partition coefficient (Wildman–Crippen LogP) is 3.90. The van der Waals surface area contributed by atoms with Crippen LogP contribution in [0.2, 0.25) is 5.02 Å². The van der Waals surface area contributed by atoms with E-state index in [4.69, 9.17) is 20.9 Å². The van der Waals surface area contributed by atoms with Crippen molar-refractivity contribution in [2.24, 2.45) is 0 Å². The molecule has 0 unspecified atom stereocenters. The van der Waals surface area contributed by atoms with Crippen LogP contribution in [0.3, 0.4) is 0 Å². The highest BCUT2D eigenvalue weighted by atomic mass is 35.5. The first-order chi connectivity index (χ1) is 11.2. The van der Waals surface area contributed by atoms with Gasteiger partial charge in [-0.2, -0.15) is 0 Å². The van der Waals surface area contributed by atoms with E-state index in [1.807, 2.05) is 58.0 Å². The number of hydrogen-bond acceptors (Lipinski definition) is 4. The Kier molecular flexibility index (Phi) is 4.47. The Morgan fingerprint density at radius 1 is 1.21 bits per heavy atom. The summed E-state index contributed by atoms with van der Waals surface area (Å²) >= 11 is 6.04. The van der Waals surface area contributed by atoms with E-state index in [0.29, 0.717) is 10.5 Å². The summed E-state index contributed by atoms with van der Waals surface area (Å²) < 4.78 is 12.1. The molecule has 1 N–H and O–H groups in total. The summed E-state index contributed by atoms with van der Waals surface area (Å²) in [6.45, 7) is 7.82. The molecular weight excluding hydrogens is 324 g/mol. The Hall–Kier alpha value is -1.40. The summed E-state index contributed by atoms with van der Waals surface area (Å²) in [5, 5.41) is 11.4. The minimum atomic E-state index is -0.574. The Morgan fingerprint density at radius 3 is 2.50 bits per heavy atom. The fraction of sp³-hybridized carbons (Fsp3) is 0.389. The maximum Gasteiger partial charge on any atom is 0.492 e. The number of pyridine rings is 1. The molecule has 0 radical (unpaired) electrons. The van der Waals surface area contributed by atoms with Gasteiger partial charge in [0, 0.05) is 16.6 Å². The molecule has 126 valence electrons. The van der Waals surface area contributed by atoms with E-state index in [1.165, 1.54) is 0 Å². The van der Waals surface area contributed by atoms with Crippen LogP contribution in [0.25, 0.3) is 17.0 Å². The molecular formula is C18H21BClNO3. The lowest BCUT2D eigenvalue weighted by Gasteiger charge is -2.32. The maximum atomic E-state index is 9.84. The molecule has 1 aliphatic heterocycles. The minimum absolute atomic E-state index is 0.145. The summed E-state index contributed by atoms with van der Waals surface area (Å²) in [5.41, 5.74) is 1.54. The monoisotopic (exact) mass is 345 g/mol. The number of aliphatic hydroxyl groups excluding tert-OH is 1. The van der Waals surface area contributed by atoms with E-state index < -0.39 is 18.3 Å². The highest BCUT2D eigenvalue weighted by Gasteiger charge is 2.52. The van der Waals surface area contributed by atoms with Gasteiger partial charge in [-0.1, -0.05) is 23.7 Å². The summed E-state index contributed by atoms with van der Waals surface area (Å²) in [5.74, 6) is 0. The van der Waals surface area contributed by atoms with Crippen LogP contribution in [0.4, 0.5) is 0 Å². The van der Waals surface area contributed by atoms with Gasteiger partial charge in [-0.15, -0.1) is 0 Å². The van der Waals surface area contributed by atoms with Gasteiger partial charge in [-0.3, -0.25) is 4.98 Å². The molecule has 6 heteroatoms. The molecule has 2 aromatic rings.